The van der Waals surface area contributed by atoms with Gasteiger partial charge in [-0.1, -0.05) is 6.07 Å². The monoisotopic (exact) mass is 455 g/mol. The summed E-state index contributed by atoms with van der Waals surface area (Å²) in [4.78, 5) is 16.1. The first-order valence-electron chi connectivity index (χ1n) is 10.2. The molecule has 0 radical (unpaired) electrons. The van der Waals surface area contributed by atoms with E-state index in [0.717, 1.165) is 31.0 Å². The summed E-state index contributed by atoms with van der Waals surface area (Å²) < 4.78 is 61.4. The number of carbonyl (C=O) groups is 1. The third-order valence-electron chi connectivity index (χ3n) is 4.76. The standard InChI is InChI=1S/C22H25F4N3O3/c1-21(2,3)32-20(30)29-15-9-8-14(11-15)28-18-10-7-13(12-27-18)19-16(23)5-4-6-17(19)31-22(24,25)26/h4-7,10,12,14-15H,8-9,11H2,1-3H3,(H,27,28)(H,29,30)/t14-,15-/m0/s1. The van der Waals surface area contributed by atoms with E-state index in [2.05, 4.69) is 20.4 Å². The highest BCUT2D eigenvalue weighted by Gasteiger charge is 2.33. The number of ether oxygens (including phenoxy) is 2. The summed E-state index contributed by atoms with van der Waals surface area (Å²) in [5.41, 5.74) is -0.731. The van der Waals surface area contributed by atoms with Crippen LogP contribution < -0.4 is 15.4 Å². The van der Waals surface area contributed by atoms with Gasteiger partial charge in [0.15, 0.2) is 0 Å². The fourth-order valence-electron chi connectivity index (χ4n) is 3.55. The number of benzene rings is 1. The maximum Gasteiger partial charge on any atom is 0.573 e. The third kappa shape index (κ3) is 6.73. The van der Waals surface area contributed by atoms with E-state index < -0.39 is 29.6 Å². The lowest BCUT2D eigenvalue weighted by atomic mass is 10.1. The van der Waals surface area contributed by atoms with E-state index in [1.54, 1.807) is 26.8 Å². The zero-order valence-electron chi connectivity index (χ0n) is 17.9. The minimum atomic E-state index is -4.94. The Balaban J connectivity index is 1.63. The van der Waals surface area contributed by atoms with Crippen molar-refractivity contribution in [1.82, 2.24) is 10.3 Å². The largest absolute Gasteiger partial charge is 0.573 e. The van der Waals surface area contributed by atoms with Crippen molar-refractivity contribution in [3.05, 3.63) is 42.3 Å². The van der Waals surface area contributed by atoms with Gasteiger partial charge in [0.05, 0.1) is 5.56 Å². The van der Waals surface area contributed by atoms with Crippen molar-refractivity contribution in [2.24, 2.45) is 0 Å². The molecule has 2 N–H and O–H groups in total. The molecule has 32 heavy (non-hydrogen) atoms. The summed E-state index contributed by atoms with van der Waals surface area (Å²) in [6, 6.07) is 6.30. The van der Waals surface area contributed by atoms with E-state index in [9.17, 15) is 22.4 Å². The second-order valence-corrected chi connectivity index (χ2v) is 8.59. The van der Waals surface area contributed by atoms with Gasteiger partial charge >= 0.3 is 12.5 Å². The number of nitrogens with one attached hydrogen (secondary N) is 2. The van der Waals surface area contributed by atoms with Gasteiger partial charge in [0, 0.05) is 23.8 Å². The molecule has 0 spiro atoms. The first-order chi connectivity index (χ1) is 14.9. The molecule has 1 saturated carbocycles. The van der Waals surface area contributed by atoms with Crippen LogP contribution in [-0.4, -0.2) is 35.1 Å². The predicted molar refractivity (Wildman–Crippen MR) is 111 cm³/mol. The first kappa shape index (κ1) is 23.6. The van der Waals surface area contributed by atoms with Crippen LogP contribution in [0.1, 0.15) is 40.0 Å². The summed E-state index contributed by atoms with van der Waals surface area (Å²) in [5, 5.41) is 6.07. The molecule has 3 rings (SSSR count). The van der Waals surface area contributed by atoms with Gasteiger partial charge in [0.1, 0.15) is 23.0 Å². The van der Waals surface area contributed by atoms with Crippen LogP contribution in [0.3, 0.4) is 0 Å². The quantitative estimate of drug-likeness (QED) is 0.571. The number of anilines is 1. The molecule has 10 heteroatoms. The molecule has 1 amide bonds. The Hall–Kier alpha value is -3.04. The average molecular weight is 455 g/mol. The number of carbonyl (C=O) groups excluding carboxylic acids is 1. The van der Waals surface area contributed by atoms with Crippen LogP contribution in [-0.2, 0) is 4.74 Å². The molecule has 1 aliphatic rings. The molecule has 1 aliphatic carbocycles. The minimum Gasteiger partial charge on any atom is -0.444 e. The van der Waals surface area contributed by atoms with Crippen molar-refractivity contribution in [2.75, 3.05) is 5.32 Å². The Bertz CT molecular complexity index is 943. The number of halogens is 4. The fraction of sp³-hybridized carbons (Fsp3) is 0.455. The number of amides is 1. The second-order valence-electron chi connectivity index (χ2n) is 8.59. The highest BCUT2D eigenvalue weighted by Crippen LogP contribution is 2.36. The van der Waals surface area contributed by atoms with Gasteiger partial charge in [-0.25, -0.2) is 14.2 Å². The second kappa shape index (κ2) is 9.22. The van der Waals surface area contributed by atoms with E-state index in [0.29, 0.717) is 12.2 Å². The number of hydrogen-bond donors (Lipinski definition) is 2. The molecule has 1 aromatic carbocycles. The molecule has 0 aliphatic heterocycles. The number of rotatable bonds is 5. The molecule has 0 bridgehead atoms. The summed E-state index contributed by atoms with van der Waals surface area (Å²) in [6.45, 7) is 5.38. The Labute approximate surface area is 183 Å². The van der Waals surface area contributed by atoms with E-state index in [-0.39, 0.29) is 23.2 Å². The lowest BCUT2D eigenvalue weighted by molar-refractivity contribution is -0.274. The lowest BCUT2D eigenvalue weighted by Crippen LogP contribution is -2.38. The molecule has 2 aromatic rings. The summed E-state index contributed by atoms with van der Waals surface area (Å²) in [5.74, 6) is -0.987. The van der Waals surface area contributed by atoms with Crippen LogP contribution in [0.5, 0.6) is 5.75 Å². The van der Waals surface area contributed by atoms with E-state index >= 15 is 0 Å². The third-order valence-corrected chi connectivity index (χ3v) is 4.76. The van der Waals surface area contributed by atoms with Crippen LogP contribution in [0, 0.1) is 5.82 Å². The van der Waals surface area contributed by atoms with Gasteiger partial charge in [-0.05, 0) is 64.3 Å². The zero-order chi connectivity index (χ0) is 23.5. The predicted octanol–water partition coefficient (Wildman–Crippen LogP) is 5.64. The van der Waals surface area contributed by atoms with Crippen molar-refractivity contribution in [2.45, 2.75) is 64.1 Å². The SMILES string of the molecule is CC(C)(C)OC(=O)N[C@H]1CC[C@H](Nc2ccc(-c3c(F)cccc3OC(F)(F)F)cn2)C1. The summed E-state index contributed by atoms with van der Waals surface area (Å²) in [6.07, 6.45) is -1.89. The molecular weight excluding hydrogens is 430 g/mol. The van der Waals surface area contributed by atoms with Crippen molar-refractivity contribution in [1.29, 1.82) is 0 Å². The highest BCUT2D eigenvalue weighted by atomic mass is 19.4. The number of aromatic nitrogens is 1. The molecule has 0 saturated heterocycles. The van der Waals surface area contributed by atoms with Crippen molar-refractivity contribution in [3.8, 4) is 16.9 Å². The lowest BCUT2D eigenvalue weighted by Gasteiger charge is -2.22. The Morgan fingerprint density at radius 1 is 1.09 bits per heavy atom. The molecule has 1 fully saturated rings. The van der Waals surface area contributed by atoms with Crippen LogP contribution in [0.2, 0.25) is 0 Å². The van der Waals surface area contributed by atoms with Gasteiger partial charge in [0.2, 0.25) is 0 Å². The van der Waals surface area contributed by atoms with Crippen molar-refractivity contribution in [3.63, 3.8) is 0 Å². The minimum absolute atomic E-state index is 0.0397. The van der Waals surface area contributed by atoms with E-state index in [4.69, 9.17) is 4.74 Å². The number of pyridine rings is 1. The van der Waals surface area contributed by atoms with Gasteiger partial charge in [0.25, 0.3) is 0 Å². The molecule has 174 valence electrons. The van der Waals surface area contributed by atoms with Crippen molar-refractivity contribution < 1.29 is 31.8 Å². The topological polar surface area (TPSA) is 72.5 Å². The number of nitrogens with zero attached hydrogens (tertiary/aromatic N) is 1. The number of alkyl carbamates (subject to hydrolysis) is 1. The Kier molecular flexibility index (Phi) is 6.80. The van der Waals surface area contributed by atoms with Crippen LogP contribution >= 0.6 is 0 Å². The smallest absolute Gasteiger partial charge is 0.444 e. The van der Waals surface area contributed by atoms with Crippen LogP contribution in [0.4, 0.5) is 28.2 Å². The average Bonchev–Trinajstić information content (AvgIpc) is 3.06. The summed E-state index contributed by atoms with van der Waals surface area (Å²) >= 11 is 0. The number of hydrogen-bond acceptors (Lipinski definition) is 5. The molecule has 0 unspecified atom stereocenters. The van der Waals surface area contributed by atoms with Crippen LogP contribution in [0.15, 0.2) is 36.5 Å². The molecule has 1 heterocycles. The normalized spacial score (nSPS) is 18.8. The van der Waals surface area contributed by atoms with Gasteiger partial charge in [-0.3, -0.25) is 0 Å². The van der Waals surface area contributed by atoms with Gasteiger partial charge < -0.3 is 20.1 Å². The molecule has 1 aromatic heterocycles. The van der Waals surface area contributed by atoms with Crippen molar-refractivity contribution >= 4 is 11.9 Å². The van der Waals surface area contributed by atoms with Gasteiger partial charge in [-0.15, -0.1) is 13.2 Å². The molecular formula is C22H25F4N3O3. The Morgan fingerprint density at radius 3 is 2.44 bits per heavy atom. The van der Waals surface area contributed by atoms with E-state index in [1.165, 1.54) is 12.3 Å². The Morgan fingerprint density at radius 2 is 1.81 bits per heavy atom. The maximum atomic E-state index is 14.3. The maximum absolute atomic E-state index is 14.3. The highest BCUT2D eigenvalue weighted by molar-refractivity contribution is 5.71. The van der Waals surface area contributed by atoms with Gasteiger partial charge in [-0.2, -0.15) is 0 Å². The molecule has 6 nitrogen and oxygen atoms in total. The molecule has 2 atom stereocenters. The van der Waals surface area contributed by atoms with E-state index in [1.807, 2.05) is 0 Å². The first-order valence-corrected chi connectivity index (χ1v) is 10.2. The number of alkyl halides is 3. The summed E-state index contributed by atoms with van der Waals surface area (Å²) in [7, 11) is 0. The fourth-order valence-corrected chi connectivity index (χ4v) is 3.55. The zero-order valence-corrected chi connectivity index (χ0v) is 17.9. The van der Waals surface area contributed by atoms with Crippen LogP contribution in [0.25, 0.3) is 11.1 Å².